The molecule has 0 aliphatic carbocycles. The molecule has 10 heteroatoms. The van der Waals surface area contributed by atoms with Gasteiger partial charge in [0.2, 0.25) is 17.9 Å². The van der Waals surface area contributed by atoms with Gasteiger partial charge in [-0.25, -0.2) is 0 Å². The number of rotatable bonds is 6. The van der Waals surface area contributed by atoms with Crippen molar-refractivity contribution in [1.82, 2.24) is 30.0 Å². The maximum atomic E-state index is 12.8. The Morgan fingerprint density at radius 3 is 2.72 bits per heavy atom. The molecule has 2 aliphatic heterocycles. The first-order valence-electron chi connectivity index (χ1n) is 10.5. The van der Waals surface area contributed by atoms with Crippen molar-refractivity contribution in [2.75, 3.05) is 38.7 Å². The highest BCUT2D eigenvalue weighted by Crippen LogP contribution is 2.33. The summed E-state index contributed by atoms with van der Waals surface area (Å²) >= 11 is 1.37. The van der Waals surface area contributed by atoms with Crippen molar-refractivity contribution in [2.45, 2.75) is 18.6 Å². The van der Waals surface area contributed by atoms with E-state index in [1.165, 1.54) is 17.3 Å². The van der Waals surface area contributed by atoms with E-state index in [2.05, 4.69) is 26.5 Å². The minimum absolute atomic E-state index is 0.108. The van der Waals surface area contributed by atoms with Crippen LogP contribution in [-0.4, -0.2) is 74.6 Å². The number of carbonyl (C=O) groups excluding carboxylic acids is 1. The summed E-state index contributed by atoms with van der Waals surface area (Å²) in [5, 5.41) is 12.6. The van der Waals surface area contributed by atoms with Crippen molar-refractivity contribution in [1.29, 1.82) is 0 Å². The minimum Gasteiger partial charge on any atom is -0.454 e. The number of fused-ring (bicyclic) bond motifs is 1. The molecule has 1 saturated heterocycles. The first-order valence-corrected chi connectivity index (χ1v) is 11.5. The molecule has 0 unspecified atom stereocenters. The Labute approximate surface area is 190 Å². The molecule has 166 valence electrons. The first-order chi connectivity index (χ1) is 15.7. The lowest BCUT2D eigenvalue weighted by molar-refractivity contribution is -0.130. The number of tetrazole rings is 1. The fraction of sp³-hybridized carbons (Fsp3) is 0.364. The third kappa shape index (κ3) is 4.42. The van der Waals surface area contributed by atoms with E-state index in [0.717, 1.165) is 42.4 Å². The summed E-state index contributed by atoms with van der Waals surface area (Å²) in [6, 6.07) is 14.0. The molecule has 2 aliphatic rings. The van der Waals surface area contributed by atoms with Gasteiger partial charge in [0.25, 0.3) is 0 Å². The lowest BCUT2D eigenvalue weighted by Crippen LogP contribution is -2.48. The van der Waals surface area contributed by atoms with Crippen molar-refractivity contribution in [3.63, 3.8) is 0 Å². The Bertz CT molecular complexity index is 1110. The molecule has 0 saturated carbocycles. The predicted octanol–water partition coefficient (Wildman–Crippen LogP) is 2.14. The summed E-state index contributed by atoms with van der Waals surface area (Å²) in [7, 11) is 0. The number of carbonyl (C=O) groups is 1. The lowest BCUT2D eigenvalue weighted by atomic mass is 10.1. The van der Waals surface area contributed by atoms with Crippen molar-refractivity contribution >= 4 is 17.7 Å². The normalized spacial score (nSPS) is 15.8. The maximum Gasteiger partial charge on any atom is 0.233 e. The third-order valence-electron chi connectivity index (χ3n) is 5.68. The van der Waals surface area contributed by atoms with Gasteiger partial charge in [0.05, 0.1) is 11.4 Å². The summed E-state index contributed by atoms with van der Waals surface area (Å²) in [5.74, 6) is 2.03. The van der Waals surface area contributed by atoms with Crippen molar-refractivity contribution in [2.24, 2.45) is 0 Å². The fourth-order valence-electron chi connectivity index (χ4n) is 3.89. The topological polar surface area (TPSA) is 85.6 Å². The monoisotopic (exact) mass is 452 g/mol. The van der Waals surface area contributed by atoms with Crippen LogP contribution in [0.4, 0.5) is 0 Å². The number of aryl methyl sites for hydroxylation is 1. The molecule has 3 aromatic rings. The summed E-state index contributed by atoms with van der Waals surface area (Å²) in [5.41, 5.74) is 3.18. The molecular weight excluding hydrogens is 428 g/mol. The van der Waals surface area contributed by atoms with Gasteiger partial charge in [-0.05, 0) is 46.7 Å². The molecule has 9 nitrogen and oxygen atoms in total. The fourth-order valence-corrected chi connectivity index (χ4v) is 4.68. The number of piperazine rings is 1. The highest BCUT2D eigenvalue weighted by atomic mass is 32.2. The summed E-state index contributed by atoms with van der Waals surface area (Å²) in [6.45, 7) is 6.24. The number of aromatic nitrogens is 4. The zero-order valence-electron chi connectivity index (χ0n) is 17.8. The number of hydrogen-bond acceptors (Lipinski definition) is 8. The van der Waals surface area contributed by atoms with Crippen LogP contribution in [0.15, 0.2) is 47.6 Å². The second-order valence-electron chi connectivity index (χ2n) is 7.79. The van der Waals surface area contributed by atoms with Gasteiger partial charge < -0.3 is 14.4 Å². The average Bonchev–Trinajstić information content (AvgIpc) is 3.47. The maximum absolute atomic E-state index is 12.8. The molecule has 5 rings (SSSR count). The van der Waals surface area contributed by atoms with E-state index in [-0.39, 0.29) is 12.7 Å². The molecular formula is C22H24N6O3S. The Balaban J connectivity index is 1.13. The standard InChI is InChI=1S/C22H24N6O3S/c1-16-4-2-3-5-18(16)28-22(23-24-25-28)32-14-21(29)27-10-8-26(9-11-27)13-17-6-7-19-20(12-17)31-15-30-19/h2-7,12H,8-11,13-15H2,1H3. The first kappa shape index (κ1) is 20.8. The quantitative estimate of drug-likeness (QED) is 0.526. The smallest absolute Gasteiger partial charge is 0.233 e. The van der Waals surface area contributed by atoms with Crippen LogP contribution < -0.4 is 9.47 Å². The van der Waals surface area contributed by atoms with Gasteiger partial charge in [0, 0.05) is 32.7 Å². The minimum atomic E-state index is 0.108. The summed E-state index contributed by atoms with van der Waals surface area (Å²) in [6.07, 6.45) is 0. The van der Waals surface area contributed by atoms with Crippen LogP contribution in [-0.2, 0) is 11.3 Å². The predicted molar refractivity (Wildman–Crippen MR) is 119 cm³/mol. The molecule has 0 atom stereocenters. The second-order valence-corrected chi connectivity index (χ2v) is 8.74. The average molecular weight is 453 g/mol. The molecule has 1 aromatic heterocycles. The molecule has 0 N–H and O–H groups in total. The van der Waals surface area contributed by atoms with Gasteiger partial charge in [-0.2, -0.15) is 4.68 Å². The van der Waals surface area contributed by atoms with E-state index in [0.29, 0.717) is 24.0 Å². The molecule has 0 radical (unpaired) electrons. The molecule has 0 bridgehead atoms. The van der Waals surface area contributed by atoms with E-state index in [1.54, 1.807) is 4.68 Å². The zero-order valence-corrected chi connectivity index (χ0v) is 18.6. The molecule has 2 aromatic carbocycles. The number of hydrogen-bond donors (Lipinski definition) is 0. The number of para-hydroxylation sites is 1. The van der Waals surface area contributed by atoms with Crippen LogP contribution in [0.1, 0.15) is 11.1 Å². The van der Waals surface area contributed by atoms with Crippen LogP contribution in [0, 0.1) is 6.92 Å². The number of thioether (sulfide) groups is 1. The number of benzene rings is 2. The van der Waals surface area contributed by atoms with Gasteiger partial charge in [-0.1, -0.05) is 36.0 Å². The zero-order chi connectivity index (χ0) is 21.9. The van der Waals surface area contributed by atoms with Crippen LogP contribution in [0.2, 0.25) is 0 Å². The van der Waals surface area contributed by atoms with Gasteiger partial charge >= 0.3 is 0 Å². The van der Waals surface area contributed by atoms with E-state index in [9.17, 15) is 4.79 Å². The highest BCUT2D eigenvalue weighted by molar-refractivity contribution is 7.99. The van der Waals surface area contributed by atoms with E-state index in [4.69, 9.17) is 9.47 Å². The SMILES string of the molecule is Cc1ccccc1-n1nnnc1SCC(=O)N1CCN(Cc2ccc3c(c2)OCO3)CC1. The number of ether oxygens (including phenoxy) is 2. The Morgan fingerprint density at radius 2 is 1.88 bits per heavy atom. The van der Waals surface area contributed by atoms with Gasteiger partial charge in [-0.15, -0.1) is 5.10 Å². The molecule has 3 heterocycles. The van der Waals surface area contributed by atoms with Crippen LogP contribution in [0.3, 0.4) is 0 Å². The van der Waals surface area contributed by atoms with E-state index >= 15 is 0 Å². The molecule has 1 amide bonds. The molecule has 1 fully saturated rings. The summed E-state index contributed by atoms with van der Waals surface area (Å²) < 4.78 is 12.5. The van der Waals surface area contributed by atoms with Crippen molar-refractivity contribution in [3.05, 3.63) is 53.6 Å². The lowest BCUT2D eigenvalue weighted by Gasteiger charge is -2.34. The Hall–Kier alpha value is -3.11. The van der Waals surface area contributed by atoms with Crippen LogP contribution in [0.5, 0.6) is 11.5 Å². The van der Waals surface area contributed by atoms with Gasteiger partial charge in [0.1, 0.15) is 0 Å². The Morgan fingerprint density at radius 1 is 1.06 bits per heavy atom. The highest BCUT2D eigenvalue weighted by Gasteiger charge is 2.23. The third-order valence-corrected chi connectivity index (χ3v) is 6.58. The van der Waals surface area contributed by atoms with Crippen LogP contribution >= 0.6 is 11.8 Å². The van der Waals surface area contributed by atoms with Gasteiger partial charge in [-0.3, -0.25) is 9.69 Å². The van der Waals surface area contributed by atoms with Gasteiger partial charge in [0.15, 0.2) is 11.5 Å². The van der Waals surface area contributed by atoms with E-state index < -0.39 is 0 Å². The van der Waals surface area contributed by atoms with Crippen molar-refractivity contribution < 1.29 is 14.3 Å². The van der Waals surface area contributed by atoms with E-state index in [1.807, 2.05) is 48.2 Å². The van der Waals surface area contributed by atoms with Crippen LogP contribution in [0.25, 0.3) is 5.69 Å². The molecule has 0 spiro atoms. The largest absolute Gasteiger partial charge is 0.454 e. The second kappa shape index (κ2) is 9.17. The molecule has 32 heavy (non-hydrogen) atoms. The number of nitrogens with zero attached hydrogens (tertiary/aromatic N) is 6. The number of amides is 1. The van der Waals surface area contributed by atoms with Crippen molar-refractivity contribution in [3.8, 4) is 17.2 Å². The summed E-state index contributed by atoms with van der Waals surface area (Å²) in [4.78, 5) is 17.1. The Kier molecular flexibility index (Phi) is 5.95.